The van der Waals surface area contributed by atoms with Crippen LogP contribution in [0.4, 0.5) is 0 Å². The molecule has 2 fully saturated rings. The first-order valence-corrected chi connectivity index (χ1v) is 9.55. The number of aliphatic hydroxyl groups is 3. The van der Waals surface area contributed by atoms with Crippen molar-refractivity contribution in [2.75, 3.05) is 13.2 Å². The van der Waals surface area contributed by atoms with Crippen LogP contribution < -0.4 is 0 Å². The van der Waals surface area contributed by atoms with Gasteiger partial charge in [0.15, 0.2) is 0 Å². The molecule has 1 aliphatic heterocycles. The molecule has 136 valence electrons. The molecule has 4 rings (SSSR count). The van der Waals surface area contributed by atoms with Crippen molar-refractivity contribution < 1.29 is 20.1 Å². The van der Waals surface area contributed by atoms with E-state index in [0.717, 1.165) is 32.1 Å². The Kier molecular flexibility index (Phi) is 3.75. The number of rotatable bonds is 1. The topological polar surface area (TPSA) is 69.9 Å². The predicted octanol–water partition coefficient (Wildman–Crippen LogP) is 2.41. The van der Waals surface area contributed by atoms with Gasteiger partial charge in [0.25, 0.3) is 0 Å². The molecule has 0 aromatic heterocycles. The molecule has 3 aliphatic carbocycles. The Morgan fingerprint density at radius 1 is 1.12 bits per heavy atom. The summed E-state index contributed by atoms with van der Waals surface area (Å²) in [6, 6.07) is 0. The summed E-state index contributed by atoms with van der Waals surface area (Å²) in [6.07, 6.45) is 4.80. The van der Waals surface area contributed by atoms with Crippen LogP contribution >= 0.6 is 0 Å². The quantitative estimate of drug-likeness (QED) is 0.643. The van der Waals surface area contributed by atoms with Crippen LogP contribution in [0.1, 0.15) is 59.3 Å². The summed E-state index contributed by atoms with van der Waals surface area (Å²) in [6.45, 7) is 7.20. The van der Waals surface area contributed by atoms with Crippen molar-refractivity contribution >= 4 is 0 Å². The van der Waals surface area contributed by atoms with Crippen molar-refractivity contribution in [3.8, 4) is 0 Å². The summed E-state index contributed by atoms with van der Waals surface area (Å²) in [5.41, 5.74) is 2.44. The second kappa shape index (κ2) is 5.29. The third-order valence-electron chi connectivity index (χ3n) is 8.12. The molecule has 4 nitrogen and oxygen atoms in total. The summed E-state index contributed by atoms with van der Waals surface area (Å²) in [5.74, 6) is 0.410. The van der Waals surface area contributed by atoms with Gasteiger partial charge in [-0.3, -0.25) is 0 Å². The molecule has 0 spiro atoms. The van der Waals surface area contributed by atoms with Crippen molar-refractivity contribution in [2.24, 2.45) is 22.2 Å². The van der Waals surface area contributed by atoms with Crippen LogP contribution in [0.3, 0.4) is 0 Å². The molecule has 0 bridgehead atoms. The number of hydrogen-bond donors (Lipinski definition) is 3. The summed E-state index contributed by atoms with van der Waals surface area (Å²) in [5, 5.41) is 31.0. The van der Waals surface area contributed by atoms with E-state index in [2.05, 4.69) is 20.8 Å². The van der Waals surface area contributed by atoms with Gasteiger partial charge in [0.2, 0.25) is 0 Å². The van der Waals surface area contributed by atoms with Gasteiger partial charge in [-0.05, 0) is 60.8 Å². The van der Waals surface area contributed by atoms with E-state index in [-0.39, 0.29) is 41.2 Å². The zero-order valence-corrected chi connectivity index (χ0v) is 15.2. The lowest BCUT2D eigenvalue weighted by atomic mass is 9.47. The van der Waals surface area contributed by atoms with Crippen LogP contribution in [0.5, 0.6) is 0 Å². The van der Waals surface area contributed by atoms with Crippen LogP contribution in [0.15, 0.2) is 11.1 Å². The smallest absolute Gasteiger partial charge is 0.0868 e. The summed E-state index contributed by atoms with van der Waals surface area (Å²) < 4.78 is 6.05. The molecule has 1 heterocycles. The maximum Gasteiger partial charge on any atom is 0.0868 e. The van der Waals surface area contributed by atoms with Crippen LogP contribution in [-0.2, 0) is 4.74 Å². The zero-order valence-electron chi connectivity index (χ0n) is 15.2. The molecule has 4 aliphatic rings. The van der Waals surface area contributed by atoms with Crippen molar-refractivity contribution in [1.82, 2.24) is 0 Å². The van der Waals surface area contributed by atoms with E-state index in [4.69, 9.17) is 4.74 Å². The maximum atomic E-state index is 10.5. The molecular formula is C20H32O4. The summed E-state index contributed by atoms with van der Waals surface area (Å²) in [4.78, 5) is 0. The first-order valence-electron chi connectivity index (χ1n) is 9.55. The number of aliphatic hydroxyl groups excluding tert-OH is 3. The maximum absolute atomic E-state index is 10.5. The molecule has 0 amide bonds. The Balaban J connectivity index is 1.78. The lowest BCUT2D eigenvalue weighted by Crippen LogP contribution is -2.54. The molecule has 24 heavy (non-hydrogen) atoms. The summed E-state index contributed by atoms with van der Waals surface area (Å²) >= 11 is 0. The van der Waals surface area contributed by atoms with Crippen molar-refractivity contribution in [3.63, 3.8) is 0 Å². The number of allylic oxidation sites excluding steroid dienone is 1. The molecule has 3 N–H and O–H groups in total. The van der Waals surface area contributed by atoms with Crippen molar-refractivity contribution in [3.05, 3.63) is 11.1 Å². The lowest BCUT2D eigenvalue weighted by Gasteiger charge is -2.59. The Hall–Kier alpha value is -0.420. The van der Waals surface area contributed by atoms with Gasteiger partial charge in [-0.1, -0.05) is 26.3 Å². The molecule has 7 atom stereocenters. The van der Waals surface area contributed by atoms with Gasteiger partial charge in [0, 0.05) is 12.0 Å². The monoisotopic (exact) mass is 336 g/mol. The fourth-order valence-electron chi connectivity index (χ4n) is 6.82. The van der Waals surface area contributed by atoms with Crippen LogP contribution in [-0.4, -0.2) is 46.8 Å². The minimum atomic E-state index is -0.373. The van der Waals surface area contributed by atoms with Gasteiger partial charge < -0.3 is 20.1 Å². The van der Waals surface area contributed by atoms with E-state index in [1.165, 1.54) is 11.1 Å². The third kappa shape index (κ3) is 2.06. The van der Waals surface area contributed by atoms with E-state index < -0.39 is 0 Å². The standard InChI is InChI=1S/C20H32O4/c1-18(11-21)8-12(22)9-20(3)14-6-7-19(2)16(23)10-24-17(19)13(14)4-5-15(18)20/h12,15-17,21-23H,4-11H2,1-3H3/t12-,15-,16+,17-,18+,19-,20+/m1/s1. The van der Waals surface area contributed by atoms with Crippen LogP contribution in [0.2, 0.25) is 0 Å². The minimum Gasteiger partial charge on any atom is -0.396 e. The molecule has 1 saturated heterocycles. The summed E-state index contributed by atoms with van der Waals surface area (Å²) in [7, 11) is 0. The SMILES string of the molecule is C[C@@]1(CO)C[C@@H](O)C[C@@]2(C)C3=C(CC[C@H]12)[C@H]1OC[C@H](O)[C@@]1(C)CC3. The van der Waals surface area contributed by atoms with Gasteiger partial charge >= 0.3 is 0 Å². The molecular weight excluding hydrogens is 304 g/mol. The Bertz CT molecular complexity index is 572. The normalized spacial score (nSPS) is 54.2. The number of ether oxygens (including phenoxy) is 1. The van der Waals surface area contributed by atoms with E-state index in [1.807, 2.05) is 0 Å². The third-order valence-corrected chi connectivity index (χ3v) is 8.12. The van der Waals surface area contributed by atoms with Gasteiger partial charge in [-0.15, -0.1) is 0 Å². The molecule has 1 saturated carbocycles. The second-order valence-electron chi connectivity index (χ2n) is 9.62. The van der Waals surface area contributed by atoms with Gasteiger partial charge in [-0.25, -0.2) is 0 Å². The van der Waals surface area contributed by atoms with Crippen LogP contribution in [0.25, 0.3) is 0 Å². The van der Waals surface area contributed by atoms with E-state index >= 15 is 0 Å². The number of hydrogen-bond acceptors (Lipinski definition) is 4. The van der Waals surface area contributed by atoms with Gasteiger partial charge in [0.1, 0.15) is 0 Å². The first kappa shape index (κ1) is 17.0. The highest BCUT2D eigenvalue weighted by Gasteiger charge is 2.59. The Labute approximate surface area is 144 Å². The van der Waals surface area contributed by atoms with Gasteiger partial charge in [0.05, 0.1) is 24.9 Å². The first-order chi connectivity index (χ1) is 11.2. The zero-order chi connectivity index (χ0) is 17.3. The van der Waals surface area contributed by atoms with E-state index in [1.54, 1.807) is 0 Å². The van der Waals surface area contributed by atoms with Crippen LogP contribution in [0, 0.1) is 22.2 Å². The molecule has 0 radical (unpaired) electrons. The lowest BCUT2D eigenvalue weighted by molar-refractivity contribution is -0.0973. The van der Waals surface area contributed by atoms with Crippen molar-refractivity contribution in [1.29, 1.82) is 0 Å². The fraction of sp³-hybridized carbons (Fsp3) is 0.900. The second-order valence-corrected chi connectivity index (χ2v) is 9.62. The largest absolute Gasteiger partial charge is 0.396 e. The highest BCUT2D eigenvalue weighted by Crippen LogP contribution is 2.64. The number of fused-ring (bicyclic) bond motifs is 4. The molecule has 4 heteroatoms. The van der Waals surface area contributed by atoms with E-state index in [0.29, 0.717) is 18.9 Å². The highest BCUT2D eigenvalue weighted by atomic mass is 16.5. The molecule has 0 aromatic carbocycles. The fourth-order valence-corrected chi connectivity index (χ4v) is 6.82. The Morgan fingerprint density at radius 3 is 2.58 bits per heavy atom. The average Bonchev–Trinajstić information content (AvgIpc) is 2.82. The molecule has 0 unspecified atom stereocenters. The Morgan fingerprint density at radius 2 is 1.88 bits per heavy atom. The average molecular weight is 336 g/mol. The van der Waals surface area contributed by atoms with Crippen molar-refractivity contribution in [2.45, 2.75) is 77.6 Å². The highest BCUT2D eigenvalue weighted by molar-refractivity contribution is 5.36. The van der Waals surface area contributed by atoms with E-state index in [9.17, 15) is 15.3 Å². The predicted molar refractivity (Wildman–Crippen MR) is 91.4 cm³/mol. The minimum absolute atomic E-state index is 0.0356. The van der Waals surface area contributed by atoms with Gasteiger partial charge in [-0.2, -0.15) is 0 Å². The molecule has 0 aromatic rings.